The van der Waals surface area contributed by atoms with Crippen LogP contribution in [0.1, 0.15) is 24.5 Å². The van der Waals surface area contributed by atoms with Crippen LogP contribution in [0.15, 0.2) is 36.4 Å². The van der Waals surface area contributed by atoms with Gasteiger partial charge in [0.25, 0.3) is 0 Å². The summed E-state index contributed by atoms with van der Waals surface area (Å²) in [7, 11) is 0. The SMILES string of the molecule is CCCc1ccccc1Nc1ccc(C#N)c(F)c1F. The summed E-state index contributed by atoms with van der Waals surface area (Å²) in [4.78, 5) is 0. The van der Waals surface area contributed by atoms with Crippen LogP contribution in [-0.2, 0) is 6.42 Å². The molecule has 0 amide bonds. The molecule has 0 saturated heterocycles. The first kappa shape index (κ1) is 14.0. The van der Waals surface area contributed by atoms with E-state index in [1.165, 1.54) is 12.1 Å². The first-order chi connectivity index (χ1) is 9.67. The van der Waals surface area contributed by atoms with E-state index in [-0.39, 0.29) is 11.3 Å². The van der Waals surface area contributed by atoms with Crippen molar-refractivity contribution in [2.75, 3.05) is 5.32 Å². The Morgan fingerprint density at radius 2 is 1.80 bits per heavy atom. The number of nitrogens with one attached hydrogen (secondary N) is 1. The maximum atomic E-state index is 13.9. The van der Waals surface area contributed by atoms with Gasteiger partial charge < -0.3 is 5.32 Å². The van der Waals surface area contributed by atoms with Gasteiger partial charge in [-0.1, -0.05) is 31.5 Å². The average molecular weight is 272 g/mol. The predicted octanol–water partition coefficient (Wildman–Crippen LogP) is 4.53. The van der Waals surface area contributed by atoms with E-state index in [4.69, 9.17) is 5.26 Å². The van der Waals surface area contributed by atoms with Crippen LogP contribution in [0.4, 0.5) is 20.2 Å². The van der Waals surface area contributed by atoms with Crippen LogP contribution in [0.25, 0.3) is 0 Å². The Balaban J connectivity index is 2.36. The molecule has 0 heterocycles. The fraction of sp³-hybridized carbons (Fsp3) is 0.188. The monoisotopic (exact) mass is 272 g/mol. The summed E-state index contributed by atoms with van der Waals surface area (Å²) in [6, 6.07) is 11.8. The fourth-order valence-corrected chi connectivity index (χ4v) is 2.01. The Morgan fingerprint density at radius 1 is 1.05 bits per heavy atom. The molecule has 0 saturated carbocycles. The van der Waals surface area contributed by atoms with Crippen LogP contribution in [-0.4, -0.2) is 0 Å². The van der Waals surface area contributed by atoms with Gasteiger partial charge in [-0.05, 0) is 30.2 Å². The molecule has 102 valence electrons. The van der Waals surface area contributed by atoms with Crippen molar-refractivity contribution in [2.45, 2.75) is 19.8 Å². The molecule has 0 aliphatic carbocycles. The van der Waals surface area contributed by atoms with Gasteiger partial charge in [0.05, 0.1) is 11.3 Å². The van der Waals surface area contributed by atoms with Crippen LogP contribution < -0.4 is 5.32 Å². The number of nitriles is 1. The number of rotatable bonds is 4. The second kappa shape index (κ2) is 6.16. The van der Waals surface area contributed by atoms with Gasteiger partial charge in [0.2, 0.25) is 0 Å². The van der Waals surface area contributed by atoms with Crippen molar-refractivity contribution in [2.24, 2.45) is 0 Å². The lowest BCUT2D eigenvalue weighted by atomic mass is 10.1. The average Bonchev–Trinajstić information content (AvgIpc) is 2.46. The third kappa shape index (κ3) is 2.77. The van der Waals surface area contributed by atoms with Gasteiger partial charge in [0, 0.05) is 5.69 Å². The van der Waals surface area contributed by atoms with Gasteiger partial charge in [-0.15, -0.1) is 0 Å². The first-order valence-electron chi connectivity index (χ1n) is 6.40. The minimum Gasteiger partial charge on any atom is -0.353 e. The third-order valence-electron chi connectivity index (χ3n) is 3.01. The molecule has 2 rings (SSSR count). The van der Waals surface area contributed by atoms with Gasteiger partial charge in [0.1, 0.15) is 6.07 Å². The molecule has 0 unspecified atom stereocenters. The predicted molar refractivity (Wildman–Crippen MR) is 74.8 cm³/mol. The van der Waals surface area contributed by atoms with Gasteiger partial charge in [-0.2, -0.15) is 5.26 Å². The van der Waals surface area contributed by atoms with E-state index >= 15 is 0 Å². The van der Waals surface area contributed by atoms with Crippen LogP contribution in [0.3, 0.4) is 0 Å². The van der Waals surface area contributed by atoms with Crippen molar-refractivity contribution < 1.29 is 8.78 Å². The zero-order valence-corrected chi connectivity index (χ0v) is 11.1. The zero-order chi connectivity index (χ0) is 14.5. The Bertz CT molecular complexity index is 660. The molecular formula is C16H14F2N2. The van der Waals surface area contributed by atoms with Crippen molar-refractivity contribution >= 4 is 11.4 Å². The quantitative estimate of drug-likeness (QED) is 0.887. The summed E-state index contributed by atoms with van der Waals surface area (Å²) in [5.41, 5.74) is 1.52. The fourth-order valence-electron chi connectivity index (χ4n) is 2.01. The molecule has 0 atom stereocenters. The molecule has 2 nitrogen and oxygen atoms in total. The van der Waals surface area contributed by atoms with E-state index in [0.29, 0.717) is 0 Å². The molecular weight excluding hydrogens is 258 g/mol. The van der Waals surface area contributed by atoms with Crippen LogP contribution in [0.2, 0.25) is 0 Å². The smallest absolute Gasteiger partial charge is 0.183 e. The van der Waals surface area contributed by atoms with E-state index in [2.05, 4.69) is 12.2 Å². The number of nitrogens with zero attached hydrogens (tertiary/aromatic N) is 1. The molecule has 0 aliphatic rings. The van der Waals surface area contributed by atoms with E-state index in [1.807, 2.05) is 24.3 Å². The molecule has 0 aliphatic heterocycles. The van der Waals surface area contributed by atoms with E-state index in [9.17, 15) is 8.78 Å². The van der Waals surface area contributed by atoms with Crippen molar-refractivity contribution in [1.82, 2.24) is 0 Å². The van der Waals surface area contributed by atoms with Crippen molar-refractivity contribution in [1.29, 1.82) is 5.26 Å². The standard InChI is InChI=1S/C16H14F2N2/c1-2-5-11-6-3-4-7-13(11)20-14-9-8-12(10-19)15(17)16(14)18/h3-4,6-9,20H,2,5H2,1H3. The minimum absolute atomic E-state index is 0.0325. The Kier molecular flexibility index (Phi) is 4.31. The van der Waals surface area contributed by atoms with Gasteiger partial charge in [0.15, 0.2) is 11.6 Å². The van der Waals surface area contributed by atoms with Gasteiger partial charge in [-0.25, -0.2) is 8.78 Å². The Hall–Kier alpha value is -2.41. The normalized spacial score (nSPS) is 10.1. The molecule has 0 fully saturated rings. The van der Waals surface area contributed by atoms with E-state index in [1.54, 1.807) is 6.07 Å². The summed E-state index contributed by atoms with van der Waals surface area (Å²) >= 11 is 0. The highest BCUT2D eigenvalue weighted by Crippen LogP contribution is 2.26. The van der Waals surface area contributed by atoms with Crippen LogP contribution in [0, 0.1) is 23.0 Å². The molecule has 0 bridgehead atoms. The van der Waals surface area contributed by atoms with Gasteiger partial charge >= 0.3 is 0 Å². The molecule has 2 aromatic rings. The van der Waals surface area contributed by atoms with Crippen LogP contribution >= 0.6 is 0 Å². The highest BCUT2D eigenvalue weighted by atomic mass is 19.2. The topological polar surface area (TPSA) is 35.8 Å². The lowest BCUT2D eigenvalue weighted by molar-refractivity contribution is 0.509. The van der Waals surface area contributed by atoms with Crippen molar-refractivity contribution in [3.8, 4) is 6.07 Å². The van der Waals surface area contributed by atoms with Crippen molar-refractivity contribution in [3.63, 3.8) is 0 Å². The number of hydrogen-bond donors (Lipinski definition) is 1. The number of benzene rings is 2. The summed E-state index contributed by atoms with van der Waals surface area (Å²) in [5, 5.41) is 11.6. The Morgan fingerprint density at radius 3 is 2.50 bits per heavy atom. The summed E-state index contributed by atoms with van der Waals surface area (Å²) in [6.07, 6.45) is 1.81. The highest BCUT2D eigenvalue weighted by Gasteiger charge is 2.14. The molecule has 0 aromatic heterocycles. The first-order valence-corrected chi connectivity index (χ1v) is 6.40. The molecule has 1 N–H and O–H groups in total. The Labute approximate surface area is 116 Å². The molecule has 2 aromatic carbocycles. The molecule has 0 spiro atoms. The maximum Gasteiger partial charge on any atom is 0.183 e. The number of halogens is 2. The number of anilines is 2. The molecule has 4 heteroatoms. The second-order valence-corrected chi connectivity index (χ2v) is 4.43. The van der Waals surface area contributed by atoms with E-state index < -0.39 is 11.6 Å². The second-order valence-electron chi connectivity index (χ2n) is 4.43. The largest absolute Gasteiger partial charge is 0.353 e. The number of hydrogen-bond acceptors (Lipinski definition) is 2. The van der Waals surface area contributed by atoms with Crippen molar-refractivity contribution in [3.05, 3.63) is 59.2 Å². The van der Waals surface area contributed by atoms with Crippen LogP contribution in [0.5, 0.6) is 0 Å². The summed E-state index contributed by atoms with van der Waals surface area (Å²) < 4.78 is 27.4. The maximum absolute atomic E-state index is 13.9. The summed E-state index contributed by atoms with van der Waals surface area (Å²) in [5.74, 6) is -2.15. The number of para-hydroxylation sites is 1. The lowest BCUT2D eigenvalue weighted by Gasteiger charge is -2.12. The molecule has 0 radical (unpaired) electrons. The number of aryl methyl sites for hydroxylation is 1. The molecule has 20 heavy (non-hydrogen) atoms. The third-order valence-corrected chi connectivity index (χ3v) is 3.01. The minimum atomic E-state index is -1.12. The van der Waals surface area contributed by atoms with E-state index in [0.717, 1.165) is 24.1 Å². The summed E-state index contributed by atoms with van der Waals surface area (Å²) in [6.45, 7) is 2.05. The highest BCUT2D eigenvalue weighted by molar-refractivity contribution is 5.64. The lowest BCUT2D eigenvalue weighted by Crippen LogP contribution is -2.01. The zero-order valence-electron chi connectivity index (χ0n) is 11.1. The van der Waals surface area contributed by atoms with Gasteiger partial charge in [-0.3, -0.25) is 0 Å².